The fourth-order valence-electron chi connectivity index (χ4n) is 4.63. The minimum Gasteiger partial charge on any atom is -0.487 e. The van der Waals surface area contributed by atoms with Crippen molar-refractivity contribution in [3.8, 4) is 5.75 Å². The van der Waals surface area contributed by atoms with Crippen LogP contribution in [0.1, 0.15) is 90.7 Å². The Kier molecular flexibility index (Phi) is 4.57. The van der Waals surface area contributed by atoms with Gasteiger partial charge >= 0.3 is 0 Å². The van der Waals surface area contributed by atoms with E-state index < -0.39 is 0 Å². The second kappa shape index (κ2) is 6.24. The van der Waals surface area contributed by atoms with Crippen molar-refractivity contribution in [3.05, 3.63) is 41.0 Å². The zero-order valence-electron chi connectivity index (χ0n) is 16.4. The van der Waals surface area contributed by atoms with Gasteiger partial charge in [-0.1, -0.05) is 57.4 Å². The third-order valence-corrected chi connectivity index (χ3v) is 6.36. The number of allylic oxidation sites excluding steroid dienone is 2. The number of unbranched alkanes of at least 4 members (excludes halogenated alkanes) is 1. The summed E-state index contributed by atoms with van der Waals surface area (Å²) in [4.78, 5) is 0. The summed E-state index contributed by atoms with van der Waals surface area (Å²) in [5.74, 6) is 2.34. The van der Waals surface area contributed by atoms with Gasteiger partial charge in [-0.15, -0.1) is 0 Å². The molecule has 0 bridgehead atoms. The largest absolute Gasteiger partial charge is 0.487 e. The molecule has 0 fully saturated rings. The lowest BCUT2D eigenvalue weighted by Gasteiger charge is -2.47. The summed E-state index contributed by atoms with van der Waals surface area (Å²) in [5.41, 5.74) is 4.53. The van der Waals surface area contributed by atoms with Crippen molar-refractivity contribution in [1.82, 2.24) is 0 Å². The number of ether oxygens (including phenoxy) is 1. The lowest BCUT2D eigenvalue weighted by molar-refractivity contribution is 0.00837. The molecule has 0 saturated heterocycles. The highest BCUT2D eigenvalue weighted by Crippen LogP contribution is 2.52. The molecule has 2 aliphatic rings. The minimum absolute atomic E-state index is 0.0823. The van der Waals surface area contributed by atoms with Gasteiger partial charge in [0, 0.05) is 5.92 Å². The normalized spacial score (nSPS) is 25.3. The second-order valence-corrected chi connectivity index (χ2v) is 9.15. The molecule has 2 atom stereocenters. The van der Waals surface area contributed by atoms with Crippen LogP contribution in [0.3, 0.4) is 0 Å². The topological polar surface area (TPSA) is 9.23 Å². The van der Waals surface area contributed by atoms with Gasteiger partial charge in [-0.25, -0.2) is 0 Å². The molecule has 1 aliphatic carbocycles. The van der Waals surface area contributed by atoms with E-state index >= 15 is 0 Å². The highest BCUT2D eigenvalue weighted by atomic mass is 16.5. The molecular weight excluding hydrogens is 292 g/mol. The van der Waals surface area contributed by atoms with Crippen molar-refractivity contribution in [2.75, 3.05) is 0 Å². The van der Waals surface area contributed by atoms with Crippen LogP contribution in [0.5, 0.6) is 5.75 Å². The van der Waals surface area contributed by atoms with E-state index in [9.17, 15) is 0 Å². The van der Waals surface area contributed by atoms with Crippen molar-refractivity contribution in [3.63, 3.8) is 0 Å². The Morgan fingerprint density at radius 2 is 2.00 bits per heavy atom. The van der Waals surface area contributed by atoms with Gasteiger partial charge in [-0.3, -0.25) is 0 Å². The van der Waals surface area contributed by atoms with Crippen LogP contribution < -0.4 is 4.74 Å². The van der Waals surface area contributed by atoms with E-state index in [4.69, 9.17) is 4.74 Å². The Bertz CT molecular complexity index is 635. The molecule has 0 unspecified atom stereocenters. The summed E-state index contributed by atoms with van der Waals surface area (Å²) in [6, 6.07) is 7.07. The average Bonchev–Trinajstić information content (AvgIpc) is 2.51. The molecule has 1 nitrogen and oxygen atoms in total. The zero-order valence-corrected chi connectivity index (χ0v) is 16.4. The van der Waals surface area contributed by atoms with Gasteiger partial charge in [0.1, 0.15) is 11.4 Å². The van der Waals surface area contributed by atoms with E-state index in [0.29, 0.717) is 11.8 Å². The van der Waals surface area contributed by atoms with Crippen molar-refractivity contribution in [2.24, 2.45) is 5.92 Å². The molecule has 0 spiro atoms. The van der Waals surface area contributed by atoms with Gasteiger partial charge < -0.3 is 4.74 Å². The molecule has 0 radical (unpaired) electrons. The summed E-state index contributed by atoms with van der Waals surface area (Å²) in [5, 5.41) is 0. The molecule has 1 aromatic carbocycles. The highest BCUT2D eigenvalue weighted by Gasteiger charge is 2.44. The van der Waals surface area contributed by atoms with Crippen LogP contribution in [0.25, 0.3) is 0 Å². The predicted octanol–water partition coefficient (Wildman–Crippen LogP) is 6.77. The quantitative estimate of drug-likeness (QED) is 0.555. The monoisotopic (exact) mass is 326 g/mol. The molecule has 3 rings (SSSR count). The van der Waals surface area contributed by atoms with Crippen LogP contribution in [-0.4, -0.2) is 5.60 Å². The summed E-state index contributed by atoms with van der Waals surface area (Å²) in [7, 11) is 0. The number of hydrogen-bond acceptors (Lipinski definition) is 1. The Morgan fingerprint density at radius 1 is 1.25 bits per heavy atom. The van der Waals surface area contributed by atoms with Crippen LogP contribution in [-0.2, 0) is 5.41 Å². The maximum Gasteiger partial charge on any atom is 0.123 e. The van der Waals surface area contributed by atoms with E-state index in [-0.39, 0.29) is 11.0 Å². The third kappa shape index (κ3) is 3.15. The summed E-state index contributed by atoms with van der Waals surface area (Å²) in [6.45, 7) is 13.8. The van der Waals surface area contributed by atoms with Crippen molar-refractivity contribution >= 4 is 0 Å². The van der Waals surface area contributed by atoms with Crippen molar-refractivity contribution in [2.45, 2.75) is 90.6 Å². The van der Waals surface area contributed by atoms with Crippen molar-refractivity contribution in [1.29, 1.82) is 0 Å². The molecule has 132 valence electrons. The first kappa shape index (κ1) is 17.6. The van der Waals surface area contributed by atoms with Crippen LogP contribution >= 0.6 is 0 Å². The molecule has 0 saturated carbocycles. The van der Waals surface area contributed by atoms with Gasteiger partial charge in [-0.2, -0.15) is 0 Å². The van der Waals surface area contributed by atoms with Gasteiger partial charge in [-0.05, 0) is 68.6 Å². The molecule has 24 heavy (non-hydrogen) atoms. The molecule has 0 amide bonds. The number of fused-ring (bicyclic) bond motifs is 3. The van der Waals surface area contributed by atoms with E-state index in [2.05, 4.69) is 65.8 Å². The lowest BCUT2D eigenvalue weighted by Crippen LogP contribution is -2.45. The van der Waals surface area contributed by atoms with Crippen molar-refractivity contribution < 1.29 is 4.74 Å². The predicted molar refractivity (Wildman–Crippen MR) is 103 cm³/mol. The Morgan fingerprint density at radius 3 is 2.71 bits per heavy atom. The van der Waals surface area contributed by atoms with Crippen LogP contribution in [0.4, 0.5) is 0 Å². The van der Waals surface area contributed by atoms with Gasteiger partial charge in [0.2, 0.25) is 0 Å². The lowest BCUT2D eigenvalue weighted by atomic mass is 9.67. The SMILES string of the molecule is CCCCC(C)(C)c1ccc2c(c1)OC(C)(C)[C@H]1CC=C(C)C[C@H]21. The molecular formula is C23H34O. The van der Waals surface area contributed by atoms with Crippen LogP contribution in [0.2, 0.25) is 0 Å². The molecule has 0 aromatic heterocycles. The maximum atomic E-state index is 6.54. The third-order valence-electron chi connectivity index (χ3n) is 6.36. The molecule has 1 aliphatic heterocycles. The first-order chi connectivity index (χ1) is 11.2. The number of benzene rings is 1. The van der Waals surface area contributed by atoms with Gasteiger partial charge in [0.25, 0.3) is 0 Å². The minimum atomic E-state index is -0.0823. The first-order valence-electron chi connectivity index (χ1n) is 9.73. The van der Waals surface area contributed by atoms with Crippen LogP contribution in [0.15, 0.2) is 29.8 Å². The number of rotatable bonds is 4. The van der Waals surface area contributed by atoms with E-state index in [1.807, 2.05) is 0 Å². The summed E-state index contributed by atoms with van der Waals surface area (Å²) in [6.07, 6.45) is 8.52. The fraction of sp³-hybridized carbons (Fsp3) is 0.652. The standard InChI is InChI=1S/C23H34O/c1-7-8-13-22(3,4)17-10-11-18-19-14-16(2)9-12-20(19)23(5,6)24-21(18)15-17/h9-11,15,19-20H,7-8,12-14H2,1-6H3/t19-,20+/m1/s1. The molecule has 1 heterocycles. The summed E-state index contributed by atoms with van der Waals surface area (Å²) < 4.78 is 6.54. The molecule has 1 aromatic rings. The van der Waals surface area contributed by atoms with Gasteiger partial charge in [0.05, 0.1) is 0 Å². The number of hydrogen-bond donors (Lipinski definition) is 0. The Balaban J connectivity index is 1.97. The summed E-state index contributed by atoms with van der Waals surface area (Å²) >= 11 is 0. The molecule has 1 heteroatoms. The second-order valence-electron chi connectivity index (χ2n) is 9.15. The Hall–Kier alpha value is -1.24. The van der Waals surface area contributed by atoms with Crippen LogP contribution in [0, 0.1) is 5.92 Å². The zero-order chi connectivity index (χ0) is 17.5. The smallest absolute Gasteiger partial charge is 0.123 e. The van der Waals surface area contributed by atoms with Gasteiger partial charge in [0.15, 0.2) is 0 Å². The average molecular weight is 327 g/mol. The fourth-order valence-corrected chi connectivity index (χ4v) is 4.63. The highest BCUT2D eigenvalue weighted by molar-refractivity contribution is 5.46. The Labute approximate surface area is 148 Å². The molecule has 0 N–H and O–H groups in total. The maximum absolute atomic E-state index is 6.54. The van der Waals surface area contributed by atoms with E-state index in [1.165, 1.54) is 42.4 Å². The first-order valence-corrected chi connectivity index (χ1v) is 9.73. The van der Waals surface area contributed by atoms with E-state index in [0.717, 1.165) is 12.2 Å². The van der Waals surface area contributed by atoms with E-state index in [1.54, 1.807) is 0 Å².